The molecule has 20 heavy (non-hydrogen) atoms. The van der Waals surface area contributed by atoms with Gasteiger partial charge in [0.25, 0.3) is 0 Å². The normalized spacial score (nSPS) is 12.3. The lowest BCUT2D eigenvalue weighted by atomic mass is 9.98. The lowest BCUT2D eigenvalue weighted by molar-refractivity contribution is 0.521. The van der Waals surface area contributed by atoms with Crippen LogP contribution in [0.3, 0.4) is 0 Å². The Kier molecular flexibility index (Phi) is 5.75. The molecule has 2 aromatic rings. The van der Waals surface area contributed by atoms with E-state index in [9.17, 15) is 0 Å². The van der Waals surface area contributed by atoms with Crippen LogP contribution >= 0.6 is 0 Å². The van der Waals surface area contributed by atoms with Crippen LogP contribution in [0.2, 0.25) is 0 Å². The van der Waals surface area contributed by atoms with Crippen LogP contribution in [0.5, 0.6) is 0 Å². The molecule has 1 aromatic heterocycles. The minimum atomic E-state index is 0.481. The largest absolute Gasteiger partial charge is 0.314 e. The first-order chi connectivity index (χ1) is 9.81. The number of hydrogen-bond acceptors (Lipinski definition) is 2. The molecule has 0 aliphatic carbocycles. The predicted molar refractivity (Wildman–Crippen MR) is 84.9 cm³/mol. The summed E-state index contributed by atoms with van der Waals surface area (Å²) in [5.74, 6) is 0. The lowest BCUT2D eigenvalue weighted by Crippen LogP contribution is -2.33. The molecular weight excluding hydrogens is 244 g/mol. The number of benzene rings is 1. The van der Waals surface area contributed by atoms with Gasteiger partial charge in [0.2, 0.25) is 0 Å². The summed E-state index contributed by atoms with van der Waals surface area (Å²) in [6.07, 6.45) is 6.96. The topological polar surface area (TPSA) is 24.9 Å². The van der Waals surface area contributed by atoms with E-state index in [2.05, 4.69) is 60.5 Å². The summed E-state index contributed by atoms with van der Waals surface area (Å²) in [6.45, 7) is 5.36. The summed E-state index contributed by atoms with van der Waals surface area (Å²) < 4.78 is 0. The highest BCUT2D eigenvalue weighted by molar-refractivity contribution is 5.24. The van der Waals surface area contributed by atoms with E-state index in [1.165, 1.54) is 16.7 Å². The number of hydrogen-bond donors (Lipinski definition) is 1. The molecule has 2 rings (SSSR count). The van der Waals surface area contributed by atoms with Crippen molar-refractivity contribution in [2.24, 2.45) is 0 Å². The Morgan fingerprint density at radius 3 is 1.95 bits per heavy atom. The van der Waals surface area contributed by atoms with E-state index in [0.29, 0.717) is 6.04 Å². The van der Waals surface area contributed by atoms with Crippen molar-refractivity contribution in [1.82, 2.24) is 10.3 Å². The SMILES string of the molecule is CCNC(Cc1ccncc1)Cc1ccc(CC)cc1. The zero-order chi connectivity index (χ0) is 14.2. The minimum absolute atomic E-state index is 0.481. The smallest absolute Gasteiger partial charge is 0.0270 e. The highest BCUT2D eigenvalue weighted by Gasteiger charge is 2.09. The molecule has 0 radical (unpaired) electrons. The highest BCUT2D eigenvalue weighted by atomic mass is 14.9. The van der Waals surface area contributed by atoms with E-state index in [4.69, 9.17) is 0 Å². The van der Waals surface area contributed by atoms with Crippen molar-refractivity contribution in [1.29, 1.82) is 0 Å². The number of nitrogens with zero attached hydrogens (tertiary/aromatic N) is 1. The maximum absolute atomic E-state index is 4.08. The number of nitrogens with one attached hydrogen (secondary N) is 1. The van der Waals surface area contributed by atoms with E-state index in [1.807, 2.05) is 12.4 Å². The van der Waals surface area contributed by atoms with Gasteiger partial charge in [-0.25, -0.2) is 0 Å². The Morgan fingerprint density at radius 1 is 0.850 bits per heavy atom. The van der Waals surface area contributed by atoms with E-state index in [1.54, 1.807) is 0 Å². The molecule has 0 saturated carbocycles. The molecule has 1 atom stereocenters. The number of rotatable bonds is 7. The molecule has 2 heteroatoms. The van der Waals surface area contributed by atoms with Gasteiger partial charge in [0.1, 0.15) is 0 Å². The molecule has 1 N–H and O–H groups in total. The van der Waals surface area contributed by atoms with Crippen LogP contribution in [0.25, 0.3) is 0 Å². The van der Waals surface area contributed by atoms with Gasteiger partial charge in [-0.1, -0.05) is 38.1 Å². The Labute approximate surface area is 122 Å². The summed E-state index contributed by atoms with van der Waals surface area (Å²) in [4.78, 5) is 4.08. The zero-order valence-corrected chi connectivity index (χ0v) is 12.5. The molecule has 0 saturated heterocycles. The second-order valence-corrected chi connectivity index (χ2v) is 5.19. The van der Waals surface area contributed by atoms with Gasteiger partial charge in [-0.3, -0.25) is 4.98 Å². The van der Waals surface area contributed by atoms with Crippen LogP contribution in [0.1, 0.15) is 30.5 Å². The van der Waals surface area contributed by atoms with Crippen molar-refractivity contribution in [2.75, 3.05) is 6.54 Å². The Hall–Kier alpha value is -1.67. The first kappa shape index (κ1) is 14.7. The monoisotopic (exact) mass is 268 g/mol. The van der Waals surface area contributed by atoms with Gasteiger partial charge in [0.05, 0.1) is 0 Å². The van der Waals surface area contributed by atoms with Crippen molar-refractivity contribution in [3.63, 3.8) is 0 Å². The summed E-state index contributed by atoms with van der Waals surface area (Å²) in [5.41, 5.74) is 4.15. The van der Waals surface area contributed by atoms with Gasteiger partial charge in [-0.2, -0.15) is 0 Å². The fourth-order valence-electron chi connectivity index (χ4n) is 2.50. The molecule has 0 aliphatic heterocycles. The number of likely N-dealkylation sites (N-methyl/N-ethyl adjacent to an activating group) is 1. The number of aryl methyl sites for hydroxylation is 1. The van der Waals surface area contributed by atoms with Crippen molar-refractivity contribution in [2.45, 2.75) is 39.2 Å². The van der Waals surface area contributed by atoms with Crippen molar-refractivity contribution >= 4 is 0 Å². The Bertz CT molecular complexity index is 491. The lowest BCUT2D eigenvalue weighted by Gasteiger charge is -2.18. The first-order valence-corrected chi connectivity index (χ1v) is 7.52. The predicted octanol–water partition coefficient (Wildman–Crippen LogP) is 3.41. The molecule has 106 valence electrons. The van der Waals surface area contributed by atoms with Crippen LogP contribution in [0, 0.1) is 0 Å². The number of aromatic nitrogens is 1. The van der Waals surface area contributed by atoms with Gasteiger partial charge in [-0.15, -0.1) is 0 Å². The van der Waals surface area contributed by atoms with Crippen molar-refractivity contribution in [3.05, 3.63) is 65.5 Å². The minimum Gasteiger partial charge on any atom is -0.314 e. The van der Waals surface area contributed by atoms with Crippen molar-refractivity contribution < 1.29 is 0 Å². The zero-order valence-electron chi connectivity index (χ0n) is 12.5. The third-order valence-corrected chi connectivity index (χ3v) is 3.64. The molecule has 2 nitrogen and oxygen atoms in total. The third kappa shape index (κ3) is 4.46. The highest BCUT2D eigenvalue weighted by Crippen LogP contribution is 2.11. The molecule has 1 unspecified atom stereocenters. The van der Waals surface area contributed by atoms with E-state index < -0.39 is 0 Å². The fraction of sp³-hybridized carbons (Fsp3) is 0.389. The average Bonchev–Trinajstić information content (AvgIpc) is 2.49. The quantitative estimate of drug-likeness (QED) is 0.832. The van der Waals surface area contributed by atoms with Crippen LogP contribution < -0.4 is 5.32 Å². The maximum atomic E-state index is 4.08. The molecule has 0 bridgehead atoms. The van der Waals surface area contributed by atoms with Gasteiger partial charge >= 0.3 is 0 Å². The van der Waals surface area contributed by atoms with Crippen LogP contribution in [0.15, 0.2) is 48.8 Å². The maximum Gasteiger partial charge on any atom is 0.0270 e. The summed E-state index contributed by atoms with van der Waals surface area (Å²) >= 11 is 0. The van der Waals surface area contributed by atoms with Gasteiger partial charge < -0.3 is 5.32 Å². The third-order valence-electron chi connectivity index (χ3n) is 3.64. The summed E-state index contributed by atoms with van der Waals surface area (Å²) in [6, 6.07) is 13.7. The molecule has 0 fully saturated rings. The molecular formula is C18H24N2. The second kappa shape index (κ2) is 7.81. The second-order valence-electron chi connectivity index (χ2n) is 5.19. The van der Waals surface area contributed by atoms with E-state index in [-0.39, 0.29) is 0 Å². The molecule has 1 aromatic carbocycles. The summed E-state index contributed by atoms with van der Waals surface area (Å²) in [5, 5.41) is 3.59. The Morgan fingerprint density at radius 2 is 1.40 bits per heavy atom. The van der Waals surface area contributed by atoms with Gasteiger partial charge in [-0.05, 0) is 54.6 Å². The molecule has 0 aliphatic rings. The van der Waals surface area contributed by atoms with Crippen molar-refractivity contribution in [3.8, 4) is 0 Å². The van der Waals surface area contributed by atoms with Crippen LogP contribution in [0.4, 0.5) is 0 Å². The van der Waals surface area contributed by atoms with Crippen LogP contribution in [-0.2, 0) is 19.3 Å². The van der Waals surface area contributed by atoms with E-state index >= 15 is 0 Å². The average molecular weight is 268 g/mol. The standard InChI is InChI=1S/C18H24N2/c1-3-15-5-7-16(8-6-15)13-18(20-4-2)14-17-9-11-19-12-10-17/h5-12,18,20H,3-4,13-14H2,1-2H3. The molecule has 0 spiro atoms. The Balaban J connectivity index is 2.00. The summed E-state index contributed by atoms with van der Waals surface area (Å²) in [7, 11) is 0. The van der Waals surface area contributed by atoms with Gasteiger partial charge in [0, 0.05) is 18.4 Å². The van der Waals surface area contributed by atoms with E-state index in [0.717, 1.165) is 25.8 Å². The molecule has 1 heterocycles. The first-order valence-electron chi connectivity index (χ1n) is 7.52. The van der Waals surface area contributed by atoms with Crippen LogP contribution in [-0.4, -0.2) is 17.6 Å². The molecule has 0 amide bonds. The van der Waals surface area contributed by atoms with Gasteiger partial charge in [0.15, 0.2) is 0 Å². The fourth-order valence-corrected chi connectivity index (χ4v) is 2.50. The number of pyridine rings is 1.